The van der Waals surface area contributed by atoms with Crippen molar-refractivity contribution in [2.45, 2.75) is 17.8 Å². The lowest BCUT2D eigenvalue weighted by molar-refractivity contribution is 0.0531. The van der Waals surface area contributed by atoms with Crippen LogP contribution in [0.1, 0.15) is 22.2 Å². The first-order chi connectivity index (χ1) is 13.6. The summed E-state index contributed by atoms with van der Waals surface area (Å²) in [5.41, 5.74) is 0.559. The van der Waals surface area contributed by atoms with Crippen molar-refractivity contribution in [1.82, 2.24) is 14.9 Å². The Bertz CT molecular complexity index is 1140. The number of nitrogen functional groups attached to an aromatic ring is 1. The van der Waals surface area contributed by atoms with Gasteiger partial charge in [-0.3, -0.25) is 0 Å². The first-order valence-corrected chi connectivity index (χ1v) is 10.1. The second-order valence-electron chi connectivity index (χ2n) is 5.69. The molecule has 10 heteroatoms. The van der Waals surface area contributed by atoms with Crippen molar-refractivity contribution in [3.8, 4) is 11.6 Å². The highest BCUT2D eigenvalue weighted by Crippen LogP contribution is 2.37. The molecular formula is C18H15FN4O3S2. The first kappa shape index (κ1) is 18.5. The second kappa shape index (κ2) is 7.64. The Hall–Kier alpha value is -2.85. The van der Waals surface area contributed by atoms with Gasteiger partial charge in [-0.05, 0) is 36.8 Å². The molecule has 0 aliphatic heterocycles. The minimum absolute atomic E-state index is 0.242. The van der Waals surface area contributed by atoms with Crippen LogP contribution in [-0.2, 0) is 10.5 Å². The third-order valence-electron chi connectivity index (χ3n) is 3.98. The molecule has 0 amide bonds. The van der Waals surface area contributed by atoms with Gasteiger partial charge in [-0.1, -0.05) is 17.8 Å². The Morgan fingerprint density at radius 1 is 1.36 bits per heavy atom. The average molecular weight is 418 g/mol. The Morgan fingerprint density at radius 2 is 2.21 bits per heavy atom. The highest BCUT2D eigenvalue weighted by Gasteiger charge is 2.23. The van der Waals surface area contributed by atoms with Gasteiger partial charge in [0, 0.05) is 15.8 Å². The summed E-state index contributed by atoms with van der Waals surface area (Å²) in [5, 5.41) is 8.93. The van der Waals surface area contributed by atoms with Crippen LogP contribution in [0.15, 0.2) is 46.2 Å². The predicted molar refractivity (Wildman–Crippen MR) is 105 cm³/mol. The van der Waals surface area contributed by atoms with Gasteiger partial charge >= 0.3 is 5.97 Å². The Balaban J connectivity index is 1.68. The average Bonchev–Trinajstić information content (AvgIpc) is 3.39. The van der Waals surface area contributed by atoms with Gasteiger partial charge in [-0.2, -0.15) is 0 Å². The summed E-state index contributed by atoms with van der Waals surface area (Å²) in [6.45, 7) is 1.97. The van der Waals surface area contributed by atoms with Crippen LogP contribution in [0.3, 0.4) is 0 Å². The van der Waals surface area contributed by atoms with Gasteiger partial charge in [0.1, 0.15) is 10.7 Å². The van der Waals surface area contributed by atoms with E-state index in [9.17, 15) is 9.18 Å². The maximum Gasteiger partial charge on any atom is 0.348 e. The molecule has 3 aromatic heterocycles. The van der Waals surface area contributed by atoms with E-state index in [2.05, 4.69) is 10.2 Å². The summed E-state index contributed by atoms with van der Waals surface area (Å²) in [6, 6.07) is 8.22. The topological polar surface area (TPSA) is 96.2 Å². The molecule has 0 saturated heterocycles. The zero-order valence-electron chi connectivity index (χ0n) is 14.7. The first-order valence-electron chi connectivity index (χ1n) is 8.34. The lowest BCUT2D eigenvalue weighted by Crippen LogP contribution is -2.11. The summed E-state index contributed by atoms with van der Waals surface area (Å²) in [6.07, 6.45) is 1.52. The number of furan rings is 1. The molecule has 7 nitrogen and oxygen atoms in total. The molecule has 1 aromatic carbocycles. The fourth-order valence-electron chi connectivity index (χ4n) is 2.75. The molecule has 0 aliphatic carbocycles. The minimum Gasteiger partial charge on any atom is -0.462 e. The maximum atomic E-state index is 14.5. The van der Waals surface area contributed by atoms with E-state index in [1.54, 1.807) is 31.2 Å². The summed E-state index contributed by atoms with van der Waals surface area (Å²) in [7, 11) is 0. The number of thioether (sulfide) groups is 1. The van der Waals surface area contributed by atoms with Gasteiger partial charge in [0.05, 0.1) is 12.9 Å². The lowest BCUT2D eigenvalue weighted by Gasteiger charge is -2.05. The van der Waals surface area contributed by atoms with E-state index in [-0.39, 0.29) is 18.2 Å². The zero-order valence-corrected chi connectivity index (χ0v) is 16.3. The zero-order chi connectivity index (χ0) is 19.7. The van der Waals surface area contributed by atoms with Crippen molar-refractivity contribution in [1.29, 1.82) is 0 Å². The van der Waals surface area contributed by atoms with E-state index in [1.807, 2.05) is 0 Å². The molecule has 28 heavy (non-hydrogen) atoms. The monoisotopic (exact) mass is 418 g/mol. The van der Waals surface area contributed by atoms with Gasteiger partial charge in [0.15, 0.2) is 5.76 Å². The molecular weight excluding hydrogens is 403 g/mol. The number of rotatable bonds is 6. The van der Waals surface area contributed by atoms with Gasteiger partial charge in [-0.15, -0.1) is 21.5 Å². The highest BCUT2D eigenvalue weighted by molar-refractivity contribution is 7.98. The molecule has 0 bridgehead atoms. The van der Waals surface area contributed by atoms with Crippen molar-refractivity contribution in [3.05, 3.63) is 52.9 Å². The number of aromatic nitrogens is 3. The fourth-order valence-corrected chi connectivity index (χ4v) is 4.86. The Morgan fingerprint density at radius 3 is 2.96 bits per heavy atom. The molecule has 4 aromatic rings. The largest absolute Gasteiger partial charge is 0.462 e. The van der Waals surface area contributed by atoms with Crippen molar-refractivity contribution in [2.75, 3.05) is 12.4 Å². The third-order valence-corrected chi connectivity index (χ3v) is 6.12. The molecule has 4 rings (SSSR count). The van der Waals surface area contributed by atoms with E-state index < -0.39 is 5.97 Å². The quantitative estimate of drug-likeness (QED) is 0.286. The number of thiophene rings is 1. The molecule has 0 radical (unpaired) electrons. The lowest BCUT2D eigenvalue weighted by atomic mass is 10.1. The third kappa shape index (κ3) is 3.25. The molecule has 0 atom stereocenters. The summed E-state index contributed by atoms with van der Waals surface area (Å²) < 4.78 is 26.9. The number of hydrogen-bond acceptors (Lipinski definition) is 8. The number of halogens is 1. The van der Waals surface area contributed by atoms with Gasteiger partial charge < -0.3 is 15.0 Å². The van der Waals surface area contributed by atoms with E-state index in [0.717, 1.165) is 0 Å². The molecule has 0 aliphatic rings. The van der Waals surface area contributed by atoms with Crippen LogP contribution >= 0.6 is 23.1 Å². The predicted octanol–water partition coefficient (Wildman–Crippen LogP) is 4.07. The Kier molecular flexibility index (Phi) is 5.05. The number of fused-ring (bicyclic) bond motifs is 1. The highest BCUT2D eigenvalue weighted by atomic mass is 32.2. The molecule has 144 valence electrons. The number of carbonyl (C=O) groups is 1. The number of esters is 1. The van der Waals surface area contributed by atoms with Crippen LogP contribution in [0.4, 0.5) is 4.39 Å². The van der Waals surface area contributed by atoms with Gasteiger partial charge in [-0.25, -0.2) is 13.9 Å². The van der Waals surface area contributed by atoms with Crippen molar-refractivity contribution in [2.24, 2.45) is 0 Å². The standard InChI is InChI=1S/C18H15FN4O3S2/c1-2-25-17(24)15-10(14-11(19)5-3-7-13(14)28-15)9-27-18-22-21-16(23(18)20)12-6-4-8-26-12/h3-8H,2,9,20H2,1H3. The van der Waals surface area contributed by atoms with E-state index in [4.69, 9.17) is 15.0 Å². The smallest absolute Gasteiger partial charge is 0.348 e. The van der Waals surface area contributed by atoms with E-state index >= 15 is 0 Å². The fraction of sp³-hybridized carbons (Fsp3) is 0.167. The van der Waals surface area contributed by atoms with Crippen LogP contribution in [-0.4, -0.2) is 27.4 Å². The second-order valence-corrected chi connectivity index (χ2v) is 7.68. The number of nitrogens with zero attached hydrogens (tertiary/aromatic N) is 3. The van der Waals surface area contributed by atoms with Gasteiger partial charge in [0.25, 0.3) is 0 Å². The normalized spacial score (nSPS) is 11.2. The van der Waals surface area contributed by atoms with Gasteiger partial charge in [0.2, 0.25) is 11.0 Å². The van der Waals surface area contributed by atoms with Crippen LogP contribution < -0.4 is 5.84 Å². The van der Waals surface area contributed by atoms with Crippen LogP contribution in [0, 0.1) is 5.82 Å². The van der Waals surface area contributed by atoms with Crippen molar-refractivity contribution < 1.29 is 18.3 Å². The van der Waals surface area contributed by atoms with Crippen molar-refractivity contribution in [3.63, 3.8) is 0 Å². The summed E-state index contributed by atoms with van der Waals surface area (Å²) in [5.74, 6) is 6.36. The molecule has 2 N–H and O–H groups in total. The number of nitrogens with two attached hydrogens (primary N) is 1. The maximum absolute atomic E-state index is 14.5. The molecule has 0 spiro atoms. The van der Waals surface area contributed by atoms with E-state index in [0.29, 0.717) is 37.3 Å². The van der Waals surface area contributed by atoms with Crippen LogP contribution in [0.5, 0.6) is 0 Å². The number of benzene rings is 1. The number of ether oxygens (including phenoxy) is 1. The summed E-state index contributed by atoms with van der Waals surface area (Å²) in [4.78, 5) is 12.7. The molecule has 0 saturated carbocycles. The molecule has 0 fully saturated rings. The SMILES string of the molecule is CCOC(=O)c1sc2cccc(F)c2c1CSc1nnc(-c2ccco2)n1N. The molecule has 3 heterocycles. The Labute approximate surface area is 167 Å². The van der Waals surface area contributed by atoms with E-state index in [1.165, 1.54) is 40.1 Å². The number of carbonyl (C=O) groups excluding carboxylic acids is 1. The van der Waals surface area contributed by atoms with Crippen LogP contribution in [0.25, 0.3) is 21.7 Å². The van der Waals surface area contributed by atoms with Crippen LogP contribution in [0.2, 0.25) is 0 Å². The molecule has 0 unspecified atom stereocenters. The number of hydrogen-bond donors (Lipinski definition) is 1. The van der Waals surface area contributed by atoms with Crippen molar-refractivity contribution >= 4 is 39.2 Å². The summed E-state index contributed by atoms with van der Waals surface area (Å²) >= 11 is 2.46. The minimum atomic E-state index is -0.468.